The predicted octanol–water partition coefficient (Wildman–Crippen LogP) is -0.465. The van der Waals surface area contributed by atoms with Crippen molar-refractivity contribution in [1.82, 2.24) is 0 Å². The molecule has 0 N–H and O–H groups in total. The first-order chi connectivity index (χ1) is 10.4. The molecule has 1 aliphatic heterocycles. The SMILES string of the molecule is C1=C[CH]([Zr+2]2([CH]3C=Cc4ccccc43)[CH2][CH2]2)c2ccccc21.[Cl-].[Cl-]. The second-order valence-electron chi connectivity index (χ2n) is 6.66. The second kappa shape index (κ2) is 6.36. The van der Waals surface area contributed by atoms with E-state index in [0.29, 0.717) is 0 Å². The fourth-order valence-electron chi connectivity index (χ4n) is 4.46. The molecule has 116 valence electrons. The van der Waals surface area contributed by atoms with Crippen molar-refractivity contribution in [2.75, 3.05) is 0 Å². The van der Waals surface area contributed by atoms with Crippen LogP contribution in [0.4, 0.5) is 0 Å². The van der Waals surface area contributed by atoms with Crippen LogP contribution in [0.1, 0.15) is 29.5 Å². The number of rotatable bonds is 2. The maximum Gasteiger partial charge on any atom is -1.00 e. The van der Waals surface area contributed by atoms with E-state index in [1.54, 1.807) is 19.4 Å². The minimum atomic E-state index is -2.13. The van der Waals surface area contributed by atoms with Crippen LogP contribution in [-0.4, -0.2) is 0 Å². The van der Waals surface area contributed by atoms with Gasteiger partial charge in [-0.3, -0.25) is 0 Å². The first-order valence-corrected chi connectivity index (χ1v) is 14.2. The van der Waals surface area contributed by atoms with Crippen LogP contribution in [0, 0.1) is 0 Å². The third kappa shape index (κ3) is 2.53. The van der Waals surface area contributed by atoms with Crippen LogP contribution in [0.15, 0.2) is 60.7 Å². The van der Waals surface area contributed by atoms with Gasteiger partial charge < -0.3 is 24.8 Å². The maximum atomic E-state index is 2.54. The summed E-state index contributed by atoms with van der Waals surface area (Å²) in [6.07, 6.45) is 9.84. The van der Waals surface area contributed by atoms with E-state index in [9.17, 15) is 0 Å². The number of allylic oxidation sites excluding steroid dienone is 2. The Kier molecular flexibility index (Phi) is 4.76. The molecule has 0 amide bonds. The Balaban J connectivity index is 0.000000781. The van der Waals surface area contributed by atoms with Gasteiger partial charge in [0.1, 0.15) is 0 Å². The quantitative estimate of drug-likeness (QED) is 0.617. The van der Waals surface area contributed by atoms with Crippen molar-refractivity contribution in [3.8, 4) is 0 Å². The summed E-state index contributed by atoms with van der Waals surface area (Å²) >= 11 is -2.13. The van der Waals surface area contributed by atoms with E-state index in [1.165, 1.54) is 11.1 Å². The molecule has 0 spiro atoms. The van der Waals surface area contributed by atoms with Crippen LogP contribution in [0.25, 0.3) is 12.2 Å². The van der Waals surface area contributed by atoms with E-state index in [2.05, 4.69) is 72.8 Å². The van der Waals surface area contributed by atoms with Crippen LogP contribution in [0.5, 0.6) is 0 Å². The number of hydrogen-bond acceptors (Lipinski definition) is 0. The van der Waals surface area contributed by atoms with Gasteiger partial charge in [-0.1, -0.05) is 0 Å². The Morgan fingerprint density at radius 3 is 1.52 bits per heavy atom. The first-order valence-electron chi connectivity index (χ1n) is 7.93. The van der Waals surface area contributed by atoms with E-state index < -0.39 is 20.3 Å². The first kappa shape index (κ1) is 17.2. The Labute approximate surface area is 154 Å². The minimum absolute atomic E-state index is 0. The van der Waals surface area contributed by atoms with E-state index in [-0.39, 0.29) is 24.8 Å². The number of benzene rings is 2. The van der Waals surface area contributed by atoms with Crippen molar-refractivity contribution >= 4 is 12.2 Å². The summed E-state index contributed by atoms with van der Waals surface area (Å²) in [5.74, 6) is 0. The molecule has 5 rings (SSSR count). The molecule has 3 heteroatoms. The van der Waals surface area contributed by atoms with Crippen molar-refractivity contribution in [2.24, 2.45) is 0 Å². The average Bonchev–Trinajstić information content (AvgIpc) is 3.03. The van der Waals surface area contributed by atoms with Crippen molar-refractivity contribution < 1.29 is 45.1 Å². The Bertz CT molecular complexity index is 726. The molecule has 2 unspecified atom stereocenters. The van der Waals surface area contributed by atoms with Crippen LogP contribution in [0.2, 0.25) is 8.26 Å². The molecule has 2 aromatic rings. The van der Waals surface area contributed by atoms with Gasteiger partial charge in [0.2, 0.25) is 0 Å². The minimum Gasteiger partial charge on any atom is -1.00 e. The van der Waals surface area contributed by atoms with Gasteiger partial charge in [-0.2, -0.15) is 0 Å². The number of halogens is 2. The molecule has 0 saturated carbocycles. The van der Waals surface area contributed by atoms with E-state index in [0.717, 1.165) is 7.25 Å². The fourth-order valence-corrected chi connectivity index (χ4v) is 20.1. The smallest absolute Gasteiger partial charge is 1.00 e. The largest absolute Gasteiger partial charge is 1.00 e. The standard InChI is InChI=1S/2C9H7.C2H4.2ClH.Zr/c2*1-2-5-9-7-3-6-8(9)4-1;1-2;;;/h2*1-7H;1-2H2;2*1H;/q;;;;;+2/p-2. The van der Waals surface area contributed by atoms with E-state index in [1.807, 2.05) is 0 Å². The van der Waals surface area contributed by atoms with Gasteiger partial charge in [0.25, 0.3) is 0 Å². The van der Waals surface area contributed by atoms with Gasteiger partial charge in [0.05, 0.1) is 0 Å². The zero-order valence-corrected chi connectivity index (χ0v) is 16.7. The molecule has 2 atom stereocenters. The number of hydrogen-bond donors (Lipinski definition) is 0. The zero-order chi connectivity index (χ0) is 13.9. The summed E-state index contributed by atoms with van der Waals surface area (Å²) in [5.41, 5.74) is 6.20. The number of fused-ring (bicyclic) bond motifs is 2. The molecule has 0 nitrogen and oxygen atoms in total. The molecular weight excluding hydrogens is 402 g/mol. The average molecular weight is 420 g/mol. The molecule has 3 aliphatic rings. The van der Waals surface area contributed by atoms with Crippen LogP contribution < -0.4 is 24.8 Å². The van der Waals surface area contributed by atoms with Gasteiger partial charge in [-0.15, -0.1) is 0 Å². The molecule has 0 radical (unpaired) electrons. The third-order valence-electron chi connectivity index (χ3n) is 5.66. The van der Waals surface area contributed by atoms with Crippen molar-refractivity contribution in [2.45, 2.75) is 15.5 Å². The Morgan fingerprint density at radius 2 is 1.09 bits per heavy atom. The summed E-state index contributed by atoms with van der Waals surface area (Å²) in [7, 11) is 0. The van der Waals surface area contributed by atoms with Gasteiger partial charge in [0, 0.05) is 0 Å². The summed E-state index contributed by atoms with van der Waals surface area (Å²) in [6, 6.07) is 18.1. The molecule has 1 fully saturated rings. The van der Waals surface area contributed by atoms with Gasteiger partial charge in [-0.25, -0.2) is 0 Å². The molecule has 23 heavy (non-hydrogen) atoms. The topological polar surface area (TPSA) is 0 Å². The van der Waals surface area contributed by atoms with Crippen LogP contribution >= 0.6 is 0 Å². The Hall–Kier alpha value is -0.617. The van der Waals surface area contributed by atoms with Crippen molar-refractivity contribution in [3.63, 3.8) is 0 Å². The zero-order valence-electron chi connectivity index (χ0n) is 12.8. The second-order valence-corrected chi connectivity index (χ2v) is 18.2. The fraction of sp³-hybridized carbons (Fsp3) is 0.200. The third-order valence-corrected chi connectivity index (χ3v) is 18.3. The van der Waals surface area contributed by atoms with Gasteiger partial charge >= 0.3 is 131 Å². The van der Waals surface area contributed by atoms with E-state index >= 15 is 0 Å². The molecule has 0 aromatic heterocycles. The molecule has 1 heterocycles. The van der Waals surface area contributed by atoms with Crippen LogP contribution in [0.3, 0.4) is 0 Å². The van der Waals surface area contributed by atoms with Crippen molar-refractivity contribution in [1.29, 1.82) is 0 Å². The van der Waals surface area contributed by atoms with Crippen LogP contribution in [-0.2, 0) is 20.3 Å². The van der Waals surface area contributed by atoms with Crippen molar-refractivity contribution in [3.05, 3.63) is 82.9 Å². The summed E-state index contributed by atoms with van der Waals surface area (Å²) < 4.78 is 4.72. The summed E-state index contributed by atoms with van der Waals surface area (Å²) in [4.78, 5) is 0. The molecule has 0 bridgehead atoms. The maximum absolute atomic E-state index is 2.54. The summed E-state index contributed by atoms with van der Waals surface area (Å²) in [5, 5.41) is 0. The predicted molar refractivity (Wildman–Crippen MR) is 86.0 cm³/mol. The van der Waals surface area contributed by atoms with Gasteiger partial charge in [-0.05, 0) is 0 Å². The monoisotopic (exact) mass is 418 g/mol. The molecule has 2 aromatic carbocycles. The molecule has 1 saturated heterocycles. The molecule has 2 aliphatic carbocycles. The van der Waals surface area contributed by atoms with Gasteiger partial charge in [0.15, 0.2) is 0 Å². The van der Waals surface area contributed by atoms with E-state index in [4.69, 9.17) is 0 Å². The molecular formula is C20H18Cl2Zr. The summed E-state index contributed by atoms with van der Waals surface area (Å²) in [6.45, 7) is 0. The normalized spacial score (nSPS) is 23.0. The Morgan fingerprint density at radius 1 is 0.652 bits per heavy atom.